The van der Waals surface area contributed by atoms with E-state index in [0.717, 1.165) is 31.0 Å². The highest BCUT2D eigenvalue weighted by atomic mass is 35.5. The highest BCUT2D eigenvalue weighted by Gasteiger charge is 2.14. The zero-order valence-corrected chi connectivity index (χ0v) is 14.7. The number of aromatic nitrogens is 3. The number of hydrogen-bond acceptors (Lipinski definition) is 3. The maximum absolute atomic E-state index is 12.0. The summed E-state index contributed by atoms with van der Waals surface area (Å²) in [6.45, 7) is 1.44. The van der Waals surface area contributed by atoms with Gasteiger partial charge in [-0.3, -0.25) is 0 Å². The molecule has 3 rings (SSSR count). The number of aryl methyl sites for hydroxylation is 1. The molecule has 0 radical (unpaired) electrons. The van der Waals surface area contributed by atoms with Crippen molar-refractivity contribution in [3.63, 3.8) is 0 Å². The molecule has 0 saturated heterocycles. The Hall–Kier alpha value is -1.79. The fourth-order valence-electron chi connectivity index (χ4n) is 2.78. The molecule has 0 unspecified atom stereocenters. The minimum Gasteiger partial charge on any atom is -0.337 e. The number of nitrogens with zero attached hydrogens (tertiary/aromatic N) is 3. The number of amides is 2. The third-order valence-corrected chi connectivity index (χ3v) is 4.55. The molecule has 128 valence electrons. The van der Waals surface area contributed by atoms with E-state index in [-0.39, 0.29) is 6.03 Å². The predicted octanol–water partition coefficient (Wildman–Crippen LogP) is 3.68. The first-order valence-electron chi connectivity index (χ1n) is 8.04. The molecule has 0 bridgehead atoms. The summed E-state index contributed by atoms with van der Waals surface area (Å²) in [5, 5.41) is 15.0. The number of anilines is 1. The number of fused-ring (bicyclic) bond motifs is 1. The molecule has 0 saturated carbocycles. The van der Waals surface area contributed by atoms with Crippen molar-refractivity contribution in [1.29, 1.82) is 0 Å². The summed E-state index contributed by atoms with van der Waals surface area (Å²) in [7, 11) is 0. The minimum absolute atomic E-state index is 0.310. The first-order valence-corrected chi connectivity index (χ1v) is 8.80. The minimum atomic E-state index is -0.310. The van der Waals surface area contributed by atoms with Gasteiger partial charge in [-0.05, 0) is 31.0 Å². The molecule has 1 aromatic carbocycles. The molecule has 2 heterocycles. The van der Waals surface area contributed by atoms with Gasteiger partial charge in [0.1, 0.15) is 11.6 Å². The molecular formula is C16H19Cl2N5O. The number of urea groups is 1. The Labute approximate surface area is 150 Å². The van der Waals surface area contributed by atoms with Crippen LogP contribution in [0.4, 0.5) is 10.5 Å². The van der Waals surface area contributed by atoms with Gasteiger partial charge in [-0.1, -0.05) is 29.6 Å². The first kappa shape index (κ1) is 17.0. The molecule has 1 aliphatic heterocycles. The van der Waals surface area contributed by atoms with Gasteiger partial charge in [0.05, 0.1) is 10.7 Å². The van der Waals surface area contributed by atoms with Crippen LogP contribution in [0, 0.1) is 0 Å². The Morgan fingerprint density at radius 2 is 2.08 bits per heavy atom. The van der Waals surface area contributed by atoms with Crippen LogP contribution < -0.4 is 10.6 Å². The quantitative estimate of drug-likeness (QED) is 0.865. The summed E-state index contributed by atoms with van der Waals surface area (Å²) in [6, 6.07) is 4.62. The van der Waals surface area contributed by atoms with Gasteiger partial charge in [-0.25, -0.2) is 4.79 Å². The SMILES string of the molecule is O=C(NCCc1nnc2n1CCCCC2)Nc1ccc(Cl)cc1Cl. The van der Waals surface area contributed by atoms with Crippen LogP contribution in [0.3, 0.4) is 0 Å². The summed E-state index contributed by atoms with van der Waals surface area (Å²) in [4.78, 5) is 12.0. The van der Waals surface area contributed by atoms with Gasteiger partial charge in [0.15, 0.2) is 0 Å². The molecule has 8 heteroatoms. The number of halogens is 2. The van der Waals surface area contributed by atoms with Crippen molar-refractivity contribution >= 4 is 34.9 Å². The molecule has 1 aromatic heterocycles. The highest BCUT2D eigenvalue weighted by molar-refractivity contribution is 6.36. The lowest BCUT2D eigenvalue weighted by molar-refractivity contribution is 0.252. The summed E-state index contributed by atoms with van der Waals surface area (Å²) < 4.78 is 2.18. The topological polar surface area (TPSA) is 71.8 Å². The average Bonchev–Trinajstić information content (AvgIpc) is 2.78. The van der Waals surface area contributed by atoms with E-state index in [2.05, 4.69) is 25.4 Å². The van der Waals surface area contributed by atoms with Gasteiger partial charge >= 0.3 is 6.03 Å². The van der Waals surface area contributed by atoms with Gasteiger partial charge < -0.3 is 15.2 Å². The lowest BCUT2D eigenvalue weighted by Gasteiger charge is -2.10. The second kappa shape index (κ2) is 7.85. The second-order valence-corrected chi connectivity index (χ2v) is 6.59. The normalized spacial score (nSPS) is 13.9. The van der Waals surface area contributed by atoms with Gasteiger partial charge in [-0.2, -0.15) is 0 Å². The van der Waals surface area contributed by atoms with Crippen molar-refractivity contribution in [3.8, 4) is 0 Å². The van der Waals surface area contributed by atoms with E-state index >= 15 is 0 Å². The zero-order chi connectivity index (χ0) is 16.9. The monoisotopic (exact) mass is 367 g/mol. The van der Waals surface area contributed by atoms with Crippen molar-refractivity contribution in [2.45, 2.75) is 38.6 Å². The molecule has 0 atom stereocenters. The molecule has 0 spiro atoms. The highest BCUT2D eigenvalue weighted by Crippen LogP contribution is 2.25. The van der Waals surface area contributed by atoms with E-state index in [1.165, 1.54) is 12.8 Å². The molecule has 2 aromatic rings. The summed E-state index contributed by atoms with van der Waals surface area (Å²) in [5.41, 5.74) is 0.523. The Morgan fingerprint density at radius 1 is 1.21 bits per heavy atom. The van der Waals surface area contributed by atoms with E-state index in [1.807, 2.05) is 0 Å². The van der Waals surface area contributed by atoms with Gasteiger partial charge in [0, 0.05) is 31.0 Å². The van der Waals surface area contributed by atoms with Crippen molar-refractivity contribution in [1.82, 2.24) is 20.1 Å². The number of rotatable bonds is 4. The van der Waals surface area contributed by atoms with Gasteiger partial charge in [0.25, 0.3) is 0 Å². The smallest absolute Gasteiger partial charge is 0.319 e. The van der Waals surface area contributed by atoms with Crippen molar-refractivity contribution in [2.24, 2.45) is 0 Å². The molecule has 24 heavy (non-hydrogen) atoms. The number of benzene rings is 1. The second-order valence-electron chi connectivity index (χ2n) is 5.75. The van der Waals surface area contributed by atoms with Crippen LogP contribution in [0.15, 0.2) is 18.2 Å². The lowest BCUT2D eigenvalue weighted by atomic mass is 10.2. The van der Waals surface area contributed by atoms with Crippen molar-refractivity contribution in [2.75, 3.05) is 11.9 Å². The average molecular weight is 368 g/mol. The van der Waals surface area contributed by atoms with Gasteiger partial charge in [-0.15, -0.1) is 10.2 Å². The third kappa shape index (κ3) is 4.19. The fourth-order valence-corrected chi connectivity index (χ4v) is 3.23. The van der Waals surface area contributed by atoms with Crippen LogP contribution in [0.2, 0.25) is 10.0 Å². The molecule has 6 nitrogen and oxygen atoms in total. The van der Waals surface area contributed by atoms with Crippen LogP contribution >= 0.6 is 23.2 Å². The van der Waals surface area contributed by atoms with Crippen LogP contribution in [0.5, 0.6) is 0 Å². The van der Waals surface area contributed by atoms with Crippen molar-refractivity contribution in [3.05, 3.63) is 39.9 Å². The lowest BCUT2D eigenvalue weighted by Crippen LogP contribution is -2.31. The summed E-state index contributed by atoms with van der Waals surface area (Å²) >= 11 is 11.9. The van der Waals surface area contributed by atoms with Crippen LogP contribution in [0.1, 0.15) is 30.9 Å². The molecule has 2 N–H and O–H groups in total. The predicted molar refractivity (Wildman–Crippen MR) is 94.8 cm³/mol. The standard InChI is InChI=1S/C16H19Cl2N5O/c17-11-5-6-13(12(18)10-11)20-16(24)19-8-7-15-22-21-14-4-2-1-3-9-23(14)15/h5-6,10H,1-4,7-9H2,(H2,19,20,24). The fraction of sp³-hybridized carbons (Fsp3) is 0.438. The summed E-state index contributed by atoms with van der Waals surface area (Å²) in [5.74, 6) is 1.98. The maximum Gasteiger partial charge on any atom is 0.319 e. The van der Waals surface area contributed by atoms with E-state index < -0.39 is 0 Å². The van der Waals surface area contributed by atoms with Crippen LogP contribution in [0.25, 0.3) is 0 Å². The van der Waals surface area contributed by atoms with E-state index in [4.69, 9.17) is 23.2 Å². The van der Waals surface area contributed by atoms with E-state index in [0.29, 0.717) is 28.7 Å². The molecule has 1 aliphatic rings. The van der Waals surface area contributed by atoms with Crippen LogP contribution in [-0.2, 0) is 19.4 Å². The third-order valence-electron chi connectivity index (χ3n) is 4.00. The summed E-state index contributed by atoms with van der Waals surface area (Å²) in [6.07, 6.45) is 5.18. The molecule has 0 fully saturated rings. The Kier molecular flexibility index (Phi) is 5.58. The number of nitrogens with one attached hydrogen (secondary N) is 2. The molecule has 0 aliphatic carbocycles. The Morgan fingerprint density at radius 3 is 2.92 bits per heavy atom. The number of carbonyl (C=O) groups is 1. The van der Waals surface area contributed by atoms with Gasteiger partial charge in [0.2, 0.25) is 0 Å². The Bertz CT molecular complexity index is 731. The Balaban J connectivity index is 1.51. The molecule has 2 amide bonds. The number of hydrogen-bond donors (Lipinski definition) is 2. The van der Waals surface area contributed by atoms with E-state index in [1.54, 1.807) is 18.2 Å². The van der Waals surface area contributed by atoms with Crippen molar-refractivity contribution < 1.29 is 4.79 Å². The zero-order valence-electron chi connectivity index (χ0n) is 13.2. The first-order chi connectivity index (χ1) is 11.6. The van der Waals surface area contributed by atoms with E-state index in [9.17, 15) is 4.79 Å². The van der Waals surface area contributed by atoms with Crippen LogP contribution in [-0.4, -0.2) is 27.3 Å². The molecular weight excluding hydrogens is 349 g/mol. The maximum atomic E-state index is 12.0. The largest absolute Gasteiger partial charge is 0.337 e. The number of carbonyl (C=O) groups excluding carboxylic acids is 1.